The molecule has 3 aromatic rings. The van der Waals surface area contributed by atoms with Crippen molar-refractivity contribution in [3.05, 3.63) is 81.8 Å². The fourth-order valence-corrected chi connectivity index (χ4v) is 3.87. The van der Waals surface area contributed by atoms with Crippen LogP contribution in [0.1, 0.15) is 23.1 Å². The number of hydrogen-bond donors (Lipinski definition) is 0. The van der Waals surface area contributed by atoms with Crippen LogP contribution in [0.4, 0.5) is 0 Å². The van der Waals surface area contributed by atoms with Gasteiger partial charge in [-0.3, -0.25) is 0 Å². The maximum Gasteiger partial charge on any atom is 0.0175 e. The van der Waals surface area contributed by atoms with E-state index in [2.05, 4.69) is 83.5 Å². The smallest absolute Gasteiger partial charge is 0.0175 e. The third kappa shape index (κ3) is 2.74. The summed E-state index contributed by atoms with van der Waals surface area (Å²) in [7, 11) is 0. The summed E-state index contributed by atoms with van der Waals surface area (Å²) in [5.74, 6) is 0. The number of aryl methyl sites for hydroxylation is 1. The molecule has 1 aliphatic carbocycles. The number of halogens is 1. The van der Waals surface area contributed by atoms with E-state index < -0.39 is 0 Å². The zero-order chi connectivity index (χ0) is 15.8. The summed E-state index contributed by atoms with van der Waals surface area (Å²) in [5.41, 5.74) is 9.90. The first kappa shape index (κ1) is 14.7. The van der Waals surface area contributed by atoms with Gasteiger partial charge in [0.15, 0.2) is 0 Å². The fourth-order valence-electron chi connectivity index (χ4n) is 3.61. The Kier molecular flexibility index (Phi) is 3.82. The maximum absolute atomic E-state index is 3.53. The second-order valence-corrected chi connectivity index (χ2v) is 7.26. The van der Waals surface area contributed by atoms with E-state index in [4.69, 9.17) is 0 Å². The molecule has 1 aliphatic rings. The highest BCUT2D eigenvalue weighted by Crippen LogP contribution is 2.39. The van der Waals surface area contributed by atoms with Gasteiger partial charge in [-0.15, -0.1) is 0 Å². The van der Waals surface area contributed by atoms with Crippen LogP contribution in [0.25, 0.3) is 22.3 Å². The average Bonchev–Trinajstić information content (AvgIpc) is 3.05. The molecule has 0 aliphatic heterocycles. The third-order valence-corrected chi connectivity index (χ3v) is 5.33. The zero-order valence-electron chi connectivity index (χ0n) is 13.3. The van der Waals surface area contributed by atoms with E-state index in [1.54, 1.807) is 11.1 Å². The largest absolute Gasteiger partial charge is 0.0587 e. The summed E-state index contributed by atoms with van der Waals surface area (Å²) in [6.07, 6.45) is 3.66. The number of fused-ring (bicyclic) bond motifs is 1. The number of hydrogen-bond acceptors (Lipinski definition) is 0. The first-order valence-corrected chi connectivity index (χ1v) is 8.99. The Balaban J connectivity index is 1.85. The van der Waals surface area contributed by atoms with Gasteiger partial charge in [0.1, 0.15) is 0 Å². The lowest BCUT2D eigenvalue weighted by molar-refractivity contribution is 0.912. The van der Waals surface area contributed by atoms with E-state index in [-0.39, 0.29) is 0 Å². The Morgan fingerprint density at radius 2 is 1.13 bits per heavy atom. The highest BCUT2D eigenvalue weighted by molar-refractivity contribution is 9.10. The Morgan fingerprint density at radius 1 is 0.652 bits per heavy atom. The molecular formula is C22H19Br. The topological polar surface area (TPSA) is 0 Å². The highest BCUT2D eigenvalue weighted by atomic mass is 79.9. The SMILES string of the molecule is Cc1ccc(-c2ccc(-c3ccc(Br)cc3)c3c2CCC3)cc1. The molecule has 0 fully saturated rings. The standard InChI is InChI=1S/C22H19Br/c1-15-5-7-16(8-6-15)19-13-14-20(22-4-2-3-21(19)22)17-9-11-18(23)12-10-17/h5-14H,2-4H2,1H3. The minimum atomic E-state index is 1.13. The predicted molar refractivity (Wildman–Crippen MR) is 102 cm³/mol. The molecule has 23 heavy (non-hydrogen) atoms. The molecule has 0 radical (unpaired) electrons. The van der Waals surface area contributed by atoms with Crippen LogP contribution in [0, 0.1) is 6.92 Å². The van der Waals surface area contributed by atoms with Gasteiger partial charge in [0.25, 0.3) is 0 Å². The van der Waals surface area contributed by atoms with Gasteiger partial charge in [0, 0.05) is 4.47 Å². The Hall–Kier alpha value is -1.86. The van der Waals surface area contributed by atoms with Crippen LogP contribution in [0.2, 0.25) is 0 Å². The van der Waals surface area contributed by atoms with Crippen molar-refractivity contribution in [3.63, 3.8) is 0 Å². The minimum absolute atomic E-state index is 1.13. The van der Waals surface area contributed by atoms with Crippen molar-refractivity contribution in [3.8, 4) is 22.3 Å². The van der Waals surface area contributed by atoms with Crippen molar-refractivity contribution in [2.24, 2.45) is 0 Å². The Labute approximate surface area is 146 Å². The molecule has 0 heterocycles. The van der Waals surface area contributed by atoms with Crippen LogP contribution in [0.3, 0.4) is 0 Å². The van der Waals surface area contributed by atoms with Crippen LogP contribution in [-0.4, -0.2) is 0 Å². The van der Waals surface area contributed by atoms with Crippen molar-refractivity contribution in [1.29, 1.82) is 0 Å². The van der Waals surface area contributed by atoms with Crippen molar-refractivity contribution in [2.75, 3.05) is 0 Å². The van der Waals surface area contributed by atoms with Crippen molar-refractivity contribution >= 4 is 15.9 Å². The van der Waals surface area contributed by atoms with E-state index >= 15 is 0 Å². The molecule has 114 valence electrons. The van der Waals surface area contributed by atoms with E-state index in [1.807, 2.05) is 0 Å². The van der Waals surface area contributed by atoms with Crippen LogP contribution in [0.5, 0.6) is 0 Å². The monoisotopic (exact) mass is 362 g/mol. The zero-order valence-corrected chi connectivity index (χ0v) is 14.9. The van der Waals surface area contributed by atoms with Crippen LogP contribution < -0.4 is 0 Å². The summed E-state index contributed by atoms with van der Waals surface area (Å²) in [4.78, 5) is 0. The van der Waals surface area contributed by atoms with E-state index in [0.717, 1.165) is 4.47 Å². The highest BCUT2D eigenvalue weighted by Gasteiger charge is 2.19. The molecule has 3 aromatic carbocycles. The van der Waals surface area contributed by atoms with Crippen molar-refractivity contribution in [2.45, 2.75) is 26.2 Å². The van der Waals surface area contributed by atoms with Gasteiger partial charge in [0.05, 0.1) is 0 Å². The van der Waals surface area contributed by atoms with Gasteiger partial charge >= 0.3 is 0 Å². The third-order valence-electron chi connectivity index (χ3n) is 4.80. The molecule has 0 aromatic heterocycles. The summed E-state index contributed by atoms with van der Waals surface area (Å²) >= 11 is 3.53. The summed E-state index contributed by atoms with van der Waals surface area (Å²) < 4.78 is 1.13. The number of rotatable bonds is 2. The molecule has 0 atom stereocenters. The molecule has 0 unspecified atom stereocenters. The maximum atomic E-state index is 3.53. The van der Waals surface area contributed by atoms with E-state index in [9.17, 15) is 0 Å². The molecule has 1 heteroatoms. The van der Waals surface area contributed by atoms with E-state index in [0.29, 0.717) is 0 Å². The van der Waals surface area contributed by atoms with Gasteiger partial charge < -0.3 is 0 Å². The Bertz CT molecular complexity index is 770. The Morgan fingerprint density at radius 3 is 1.65 bits per heavy atom. The molecule has 0 N–H and O–H groups in total. The van der Waals surface area contributed by atoms with Gasteiger partial charge in [-0.1, -0.05) is 70.0 Å². The fraction of sp³-hybridized carbons (Fsp3) is 0.182. The molecule has 4 rings (SSSR count). The van der Waals surface area contributed by atoms with E-state index in [1.165, 1.54) is 47.1 Å². The second kappa shape index (κ2) is 5.98. The average molecular weight is 363 g/mol. The van der Waals surface area contributed by atoms with Gasteiger partial charge in [-0.05, 0) is 71.7 Å². The molecule has 0 nitrogen and oxygen atoms in total. The van der Waals surface area contributed by atoms with Crippen LogP contribution in [0.15, 0.2) is 65.1 Å². The quantitative estimate of drug-likeness (QED) is 0.482. The molecular weight excluding hydrogens is 344 g/mol. The lowest BCUT2D eigenvalue weighted by atomic mass is 9.90. The summed E-state index contributed by atoms with van der Waals surface area (Å²) in [6.45, 7) is 2.14. The van der Waals surface area contributed by atoms with Gasteiger partial charge in [-0.2, -0.15) is 0 Å². The van der Waals surface area contributed by atoms with Gasteiger partial charge in [0.2, 0.25) is 0 Å². The van der Waals surface area contributed by atoms with Crippen molar-refractivity contribution < 1.29 is 0 Å². The molecule has 0 bridgehead atoms. The first-order chi connectivity index (χ1) is 11.2. The summed E-state index contributed by atoms with van der Waals surface area (Å²) in [5, 5.41) is 0. The van der Waals surface area contributed by atoms with Crippen LogP contribution >= 0.6 is 15.9 Å². The van der Waals surface area contributed by atoms with Crippen molar-refractivity contribution in [1.82, 2.24) is 0 Å². The van der Waals surface area contributed by atoms with Crippen LogP contribution in [-0.2, 0) is 12.8 Å². The molecule has 0 saturated heterocycles. The summed E-state index contributed by atoms with van der Waals surface area (Å²) in [6, 6.07) is 22.2. The molecule has 0 spiro atoms. The van der Waals surface area contributed by atoms with Gasteiger partial charge in [-0.25, -0.2) is 0 Å². The molecule has 0 amide bonds. The minimum Gasteiger partial charge on any atom is -0.0587 e. The first-order valence-electron chi connectivity index (χ1n) is 8.20. The second-order valence-electron chi connectivity index (χ2n) is 6.34. The number of benzene rings is 3. The predicted octanol–water partition coefficient (Wildman–Crippen LogP) is 6.58. The lowest BCUT2D eigenvalue weighted by Gasteiger charge is -2.14. The normalized spacial score (nSPS) is 13.1. The lowest BCUT2D eigenvalue weighted by Crippen LogP contribution is -1.93. The molecule has 0 saturated carbocycles.